The molecule has 0 aliphatic carbocycles. The Morgan fingerprint density at radius 1 is 1.25 bits per heavy atom. The maximum atomic E-state index is 12.0. The van der Waals surface area contributed by atoms with E-state index in [0.29, 0.717) is 0 Å². The van der Waals surface area contributed by atoms with Crippen LogP contribution in [0.4, 0.5) is 0 Å². The Kier molecular flexibility index (Phi) is 2.82. The number of halogens is 1. The zero-order valence-corrected chi connectivity index (χ0v) is 11.4. The van der Waals surface area contributed by atoms with E-state index in [9.17, 15) is 4.79 Å². The largest absolute Gasteiger partial charge is 0.336 e. The SMILES string of the molecule is CC(C)(C)N1CC(c2ccc(Br)cc2)C1=O. The number of hydrogen-bond donors (Lipinski definition) is 0. The summed E-state index contributed by atoms with van der Waals surface area (Å²) in [4.78, 5) is 13.9. The van der Waals surface area contributed by atoms with Crippen molar-refractivity contribution in [3.8, 4) is 0 Å². The molecule has 1 aliphatic heterocycles. The van der Waals surface area contributed by atoms with Gasteiger partial charge in [0.15, 0.2) is 0 Å². The van der Waals surface area contributed by atoms with Crippen LogP contribution in [-0.2, 0) is 4.79 Å². The van der Waals surface area contributed by atoms with Crippen molar-refractivity contribution in [1.29, 1.82) is 0 Å². The second-order valence-electron chi connectivity index (χ2n) is 5.22. The lowest BCUT2D eigenvalue weighted by Gasteiger charge is -2.47. The first kappa shape index (κ1) is 11.6. The van der Waals surface area contributed by atoms with Crippen LogP contribution in [0.15, 0.2) is 28.7 Å². The number of benzene rings is 1. The molecular formula is C13H16BrNO. The highest BCUT2D eigenvalue weighted by Gasteiger charge is 2.42. The molecule has 1 aromatic carbocycles. The lowest BCUT2D eigenvalue weighted by Crippen LogP contribution is -2.59. The van der Waals surface area contributed by atoms with Crippen molar-refractivity contribution in [3.05, 3.63) is 34.3 Å². The number of likely N-dealkylation sites (tertiary alicyclic amines) is 1. The molecule has 1 atom stereocenters. The van der Waals surface area contributed by atoms with Gasteiger partial charge in [0.05, 0.1) is 5.92 Å². The predicted octanol–water partition coefficient (Wildman–Crippen LogP) is 3.17. The number of amides is 1. The van der Waals surface area contributed by atoms with E-state index >= 15 is 0 Å². The zero-order chi connectivity index (χ0) is 11.9. The first-order valence-electron chi connectivity index (χ1n) is 5.46. The standard InChI is InChI=1S/C13H16BrNO/c1-13(2,3)15-8-11(12(15)16)9-4-6-10(14)7-5-9/h4-7,11H,8H2,1-3H3. The number of hydrogen-bond acceptors (Lipinski definition) is 1. The van der Waals surface area contributed by atoms with E-state index in [2.05, 4.69) is 36.7 Å². The molecule has 0 aromatic heterocycles. The van der Waals surface area contributed by atoms with Gasteiger partial charge in [-0.05, 0) is 38.5 Å². The molecule has 2 nitrogen and oxygen atoms in total. The topological polar surface area (TPSA) is 20.3 Å². The Hall–Kier alpha value is -0.830. The van der Waals surface area contributed by atoms with Crippen molar-refractivity contribution in [2.45, 2.75) is 32.2 Å². The van der Waals surface area contributed by atoms with E-state index in [4.69, 9.17) is 0 Å². The minimum absolute atomic E-state index is 0.0526. The molecule has 1 heterocycles. The molecule has 86 valence electrons. The second kappa shape index (κ2) is 3.88. The van der Waals surface area contributed by atoms with Gasteiger partial charge in [0.1, 0.15) is 0 Å². The van der Waals surface area contributed by atoms with Gasteiger partial charge in [0.2, 0.25) is 5.91 Å². The zero-order valence-electron chi connectivity index (χ0n) is 9.83. The van der Waals surface area contributed by atoms with Crippen LogP contribution in [0.25, 0.3) is 0 Å². The molecule has 0 saturated carbocycles. The summed E-state index contributed by atoms with van der Waals surface area (Å²) < 4.78 is 1.05. The van der Waals surface area contributed by atoms with Gasteiger partial charge in [-0.2, -0.15) is 0 Å². The monoisotopic (exact) mass is 281 g/mol. The van der Waals surface area contributed by atoms with Crippen LogP contribution in [-0.4, -0.2) is 22.9 Å². The van der Waals surface area contributed by atoms with E-state index in [1.165, 1.54) is 0 Å². The molecule has 3 heteroatoms. The average Bonchev–Trinajstić information content (AvgIpc) is 2.17. The normalized spacial score (nSPS) is 20.9. The van der Waals surface area contributed by atoms with Crippen LogP contribution in [0.3, 0.4) is 0 Å². The fourth-order valence-electron chi connectivity index (χ4n) is 1.97. The Labute approximate surface area is 105 Å². The highest BCUT2D eigenvalue weighted by molar-refractivity contribution is 9.10. The van der Waals surface area contributed by atoms with E-state index in [1.807, 2.05) is 29.2 Å². The molecule has 1 unspecified atom stereocenters. The summed E-state index contributed by atoms with van der Waals surface area (Å²) in [5.74, 6) is 0.308. The summed E-state index contributed by atoms with van der Waals surface area (Å²) in [6, 6.07) is 8.02. The van der Waals surface area contributed by atoms with Gasteiger partial charge in [-0.25, -0.2) is 0 Å². The molecule has 0 spiro atoms. The summed E-state index contributed by atoms with van der Waals surface area (Å²) in [6.07, 6.45) is 0. The van der Waals surface area contributed by atoms with Crippen LogP contribution in [0.1, 0.15) is 32.3 Å². The van der Waals surface area contributed by atoms with Gasteiger partial charge in [-0.15, -0.1) is 0 Å². The van der Waals surface area contributed by atoms with Gasteiger partial charge in [0.25, 0.3) is 0 Å². The molecule has 1 amide bonds. The van der Waals surface area contributed by atoms with E-state index < -0.39 is 0 Å². The lowest BCUT2D eigenvalue weighted by molar-refractivity contribution is -0.149. The Bertz CT molecular complexity index is 405. The molecular weight excluding hydrogens is 266 g/mol. The third kappa shape index (κ3) is 2.01. The van der Waals surface area contributed by atoms with Crippen LogP contribution >= 0.6 is 15.9 Å². The predicted molar refractivity (Wildman–Crippen MR) is 68.3 cm³/mol. The van der Waals surface area contributed by atoms with E-state index in [0.717, 1.165) is 16.6 Å². The maximum absolute atomic E-state index is 12.0. The first-order chi connectivity index (χ1) is 7.39. The number of carbonyl (C=O) groups excluding carboxylic acids is 1. The minimum Gasteiger partial charge on any atom is -0.336 e. The van der Waals surface area contributed by atoms with Crippen molar-refractivity contribution < 1.29 is 4.79 Å². The van der Waals surface area contributed by atoms with Gasteiger partial charge < -0.3 is 4.90 Å². The summed E-state index contributed by atoms with van der Waals surface area (Å²) in [5, 5.41) is 0. The summed E-state index contributed by atoms with van der Waals surface area (Å²) in [7, 11) is 0. The van der Waals surface area contributed by atoms with Crippen LogP contribution in [0.5, 0.6) is 0 Å². The molecule has 0 N–H and O–H groups in total. The molecule has 2 rings (SSSR count). The average molecular weight is 282 g/mol. The Balaban J connectivity index is 2.11. The van der Waals surface area contributed by atoms with Gasteiger partial charge >= 0.3 is 0 Å². The minimum atomic E-state index is -0.0526. The number of rotatable bonds is 1. The van der Waals surface area contributed by atoms with Crippen LogP contribution in [0.2, 0.25) is 0 Å². The van der Waals surface area contributed by atoms with Gasteiger partial charge in [-0.3, -0.25) is 4.79 Å². The van der Waals surface area contributed by atoms with Crippen molar-refractivity contribution in [2.75, 3.05) is 6.54 Å². The van der Waals surface area contributed by atoms with Gasteiger partial charge in [-0.1, -0.05) is 28.1 Å². The Morgan fingerprint density at radius 3 is 2.25 bits per heavy atom. The third-order valence-corrected chi connectivity index (χ3v) is 3.54. The van der Waals surface area contributed by atoms with Crippen molar-refractivity contribution in [1.82, 2.24) is 4.90 Å². The fourth-order valence-corrected chi connectivity index (χ4v) is 2.24. The number of β-lactam (4-membered cyclic amide) rings is 1. The third-order valence-electron chi connectivity index (χ3n) is 3.01. The highest BCUT2D eigenvalue weighted by Crippen LogP contribution is 2.34. The molecule has 1 saturated heterocycles. The quantitative estimate of drug-likeness (QED) is 0.724. The van der Waals surface area contributed by atoms with Gasteiger partial charge in [0, 0.05) is 16.6 Å². The first-order valence-corrected chi connectivity index (χ1v) is 6.26. The molecule has 1 aliphatic rings. The van der Waals surface area contributed by atoms with Crippen LogP contribution in [0, 0.1) is 0 Å². The fraction of sp³-hybridized carbons (Fsp3) is 0.462. The highest BCUT2D eigenvalue weighted by atomic mass is 79.9. The number of carbonyl (C=O) groups is 1. The van der Waals surface area contributed by atoms with Crippen molar-refractivity contribution in [3.63, 3.8) is 0 Å². The molecule has 0 radical (unpaired) electrons. The molecule has 1 fully saturated rings. The maximum Gasteiger partial charge on any atom is 0.232 e. The molecule has 0 bridgehead atoms. The smallest absolute Gasteiger partial charge is 0.232 e. The molecule has 1 aromatic rings. The number of nitrogens with zero attached hydrogens (tertiary/aromatic N) is 1. The Morgan fingerprint density at radius 2 is 1.81 bits per heavy atom. The summed E-state index contributed by atoms with van der Waals surface area (Å²) >= 11 is 3.40. The van der Waals surface area contributed by atoms with E-state index in [1.54, 1.807) is 0 Å². The summed E-state index contributed by atoms with van der Waals surface area (Å²) in [5.41, 5.74) is 1.07. The van der Waals surface area contributed by atoms with Crippen LogP contribution < -0.4 is 0 Å². The van der Waals surface area contributed by atoms with Crippen molar-refractivity contribution in [2.24, 2.45) is 0 Å². The lowest BCUT2D eigenvalue weighted by atomic mass is 9.86. The molecule has 16 heavy (non-hydrogen) atoms. The summed E-state index contributed by atoms with van der Waals surface area (Å²) in [6.45, 7) is 7.05. The second-order valence-corrected chi connectivity index (χ2v) is 6.14. The van der Waals surface area contributed by atoms with Crippen molar-refractivity contribution >= 4 is 21.8 Å². The van der Waals surface area contributed by atoms with E-state index in [-0.39, 0.29) is 17.4 Å².